The van der Waals surface area contributed by atoms with Gasteiger partial charge < -0.3 is 15.4 Å². The second-order valence-corrected chi connectivity index (χ2v) is 5.94. The number of hydrogen-bond donors (Lipinski definition) is 2. The fraction of sp³-hybridized carbons (Fsp3) is 0.353. The normalized spacial score (nSPS) is 15.5. The number of hydrogen-bond acceptors (Lipinski definition) is 4. The van der Waals surface area contributed by atoms with Gasteiger partial charge in [-0.15, -0.1) is 0 Å². The Morgan fingerprint density at radius 1 is 1.33 bits per heavy atom. The van der Waals surface area contributed by atoms with Crippen LogP contribution in [0, 0.1) is 13.8 Å². The maximum absolute atomic E-state index is 12.4. The number of carbonyl (C=O) groups is 2. The van der Waals surface area contributed by atoms with Gasteiger partial charge in [-0.3, -0.25) is 14.3 Å². The van der Waals surface area contributed by atoms with Gasteiger partial charge in [0.25, 0.3) is 5.91 Å². The number of carbonyl (C=O) groups excluding carboxylic acids is 2. The number of anilines is 1. The Labute approximate surface area is 140 Å². The number of fused-ring (bicyclic) bond motifs is 1. The number of benzene rings is 1. The Balaban J connectivity index is 1.63. The minimum atomic E-state index is -0.552. The molecule has 2 N–H and O–H groups in total. The molecule has 0 saturated heterocycles. The van der Waals surface area contributed by atoms with E-state index >= 15 is 0 Å². The first kappa shape index (κ1) is 16.0. The molecule has 2 aromatic rings. The fourth-order valence-corrected chi connectivity index (χ4v) is 2.62. The van der Waals surface area contributed by atoms with Crippen LogP contribution in [0.2, 0.25) is 0 Å². The van der Waals surface area contributed by atoms with Crippen molar-refractivity contribution >= 4 is 17.5 Å². The standard InChI is InChI=1S/C17H20N4O3/c1-10-4-12-6-15(24-14(12)5-11(10)2)17(23)20-13-7-19-21(8-13)9-16(22)18-3/h4-5,7-8,15H,6,9H2,1-3H3,(H,18,22)(H,20,23). The molecule has 1 aliphatic heterocycles. The summed E-state index contributed by atoms with van der Waals surface area (Å²) in [4.78, 5) is 23.7. The first-order valence-electron chi connectivity index (χ1n) is 7.77. The summed E-state index contributed by atoms with van der Waals surface area (Å²) < 4.78 is 7.23. The van der Waals surface area contributed by atoms with Gasteiger partial charge in [-0.05, 0) is 36.6 Å². The lowest BCUT2D eigenvalue weighted by Gasteiger charge is -2.10. The molecule has 2 heterocycles. The summed E-state index contributed by atoms with van der Waals surface area (Å²) in [6, 6.07) is 4.04. The van der Waals surface area contributed by atoms with Crippen molar-refractivity contribution in [3.63, 3.8) is 0 Å². The van der Waals surface area contributed by atoms with E-state index in [1.165, 1.54) is 16.4 Å². The number of rotatable bonds is 4. The van der Waals surface area contributed by atoms with Crippen LogP contribution in [0.5, 0.6) is 5.75 Å². The van der Waals surface area contributed by atoms with Crippen molar-refractivity contribution in [2.75, 3.05) is 12.4 Å². The predicted octanol–water partition coefficient (Wildman–Crippen LogP) is 1.19. The molecule has 7 nitrogen and oxygen atoms in total. The van der Waals surface area contributed by atoms with Crippen LogP contribution in [-0.4, -0.2) is 34.7 Å². The van der Waals surface area contributed by atoms with Crippen LogP contribution in [0.4, 0.5) is 5.69 Å². The zero-order valence-electron chi connectivity index (χ0n) is 13.9. The van der Waals surface area contributed by atoms with E-state index in [-0.39, 0.29) is 18.4 Å². The highest BCUT2D eigenvalue weighted by atomic mass is 16.5. The second kappa shape index (κ2) is 6.35. The number of nitrogens with one attached hydrogen (secondary N) is 2. The second-order valence-electron chi connectivity index (χ2n) is 5.94. The van der Waals surface area contributed by atoms with Gasteiger partial charge in [0, 0.05) is 19.7 Å². The number of likely N-dealkylation sites (N-methyl/N-ethyl adjacent to an activating group) is 1. The molecule has 0 fully saturated rings. The van der Waals surface area contributed by atoms with Gasteiger partial charge in [0.15, 0.2) is 6.10 Å². The van der Waals surface area contributed by atoms with Crippen molar-refractivity contribution in [1.82, 2.24) is 15.1 Å². The van der Waals surface area contributed by atoms with Gasteiger partial charge in [0.1, 0.15) is 12.3 Å². The van der Waals surface area contributed by atoms with E-state index in [0.717, 1.165) is 16.9 Å². The van der Waals surface area contributed by atoms with Gasteiger partial charge in [-0.25, -0.2) is 0 Å². The number of amides is 2. The maximum atomic E-state index is 12.4. The summed E-state index contributed by atoms with van der Waals surface area (Å²) in [7, 11) is 1.56. The molecule has 1 aromatic heterocycles. The maximum Gasteiger partial charge on any atom is 0.265 e. The number of aryl methyl sites for hydroxylation is 2. The lowest BCUT2D eigenvalue weighted by molar-refractivity contribution is -0.122. The zero-order valence-corrected chi connectivity index (χ0v) is 13.9. The number of aromatic nitrogens is 2. The average molecular weight is 328 g/mol. The first-order chi connectivity index (χ1) is 11.5. The molecule has 1 unspecified atom stereocenters. The average Bonchev–Trinajstić information content (AvgIpc) is 3.14. The summed E-state index contributed by atoms with van der Waals surface area (Å²) in [6.45, 7) is 4.17. The molecule has 0 bridgehead atoms. The van der Waals surface area contributed by atoms with Gasteiger partial charge in [-0.2, -0.15) is 5.10 Å². The summed E-state index contributed by atoms with van der Waals surface area (Å²) in [5.74, 6) is 0.394. The molecule has 0 aliphatic carbocycles. The van der Waals surface area contributed by atoms with Crippen molar-refractivity contribution in [1.29, 1.82) is 0 Å². The van der Waals surface area contributed by atoms with E-state index in [2.05, 4.69) is 21.8 Å². The van der Waals surface area contributed by atoms with Crippen molar-refractivity contribution in [3.05, 3.63) is 41.2 Å². The third-order valence-corrected chi connectivity index (χ3v) is 4.13. The van der Waals surface area contributed by atoms with Crippen molar-refractivity contribution in [2.24, 2.45) is 0 Å². The van der Waals surface area contributed by atoms with Crippen LogP contribution in [0.15, 0.2) is 24.5 Å². The largest absolute Gasteiger partial charge is 0.480 e. The van der Waals surface area contributed by atoms with Gasteiger partial charge >= 0.3 is 0 Å². The highest BCUT2D eigenvalue weighted by Crippen LogP contribution is 2.31. The zero-order chi connectivity index (χ0) is 17.3. The van der Waals surface area contributed by atoms with E-state index in [9.17, 15) is 9.59 Å². The Hall–Kier alpha value is -2.83. The van der Waals surface area contributed by atoms with Gasteiger partial charge in [-0.1, -0.05) is 6.07 Å². The molecule has 0 spiro atoms. The lowest BCUT2D eigenvalue weighted by atomic mass is 10.0. The number of ether oxygens (including phenoxy) is 1. The predicted molar refractivity (Wildman–Crippen MR) is 89.0 cm³/mol. The highest BCUT2D eigenvalue weighted by molar-refractivity contribution is 5.95. The molecular formula is C17H20N4O3. The quantitative estimate of drug-likeness (QED) is 0.883. The van der Waals surface area contributed by atoms with E-state index in [1.807, 2.05) is 19.9 Å². The van der Waals surface area contributed by atoms with Gasteiger partial charge in [0.05, 0.1) is 11.9 Å². The summed E-state index contributed by atoms with van der Waals surface area (Å²) in [5, 5.41) is 9.35. The highest BCUT2D eigenvalue weighted by Gasteiger charge is 2.29. The molecule has 3 rings (SSSR count). The summed E-state index contributed by atoms with van der Waals surface area (Å²) in [6.07, 6.45) is 3.12. The smallest absolute Gasteiger partial charge is 0.265 e. The molecule has 1 atom stereocenters. The molecule has 0 radical (unpaired) electrons. The molecule has 0 saturated carbocycles. The number of nitrogens with zero attached hydrogens (tertiary/aromatic N) is 2. The van der Waals surface area contributed by atoms with Gasteiger partial charge in [0.2, 0.25) is 5.91 Å². The van der Waals surface area contributed by atoms with E-state index in [1.54, 1.807) is 13.2 Å². The molecule has 1 aromatic carbocycles. The van der Waals surface area contributed by atoms with Crippen LogP contribution in [0.1, 0.15) is 16.7 Å². The van der Waals surface area contributed by atoms with Crippen LogP contribution in [0.25, 0.3) is 0 Å². The Bertz CT molecular complexity index is 766. The third kappa shape index (κ3) is 3.24. The Morgan fingerprint density at radius 3 is 2.83 bits per heavy atom. The van der Waals surface area contributed by atoms with E-state index < -0.39 is 6.10 Å². The Kier molecular flexibility index (Phi) is 4.24. The molecule has 24 heavy (non-hydrogen) atoms. The molecule has 2 amide bonds. The molecule has 7 heteroatoms. The molecular weight excluding hydrogens is 308 g/mol. The monoisotopic (exact) mass is 328 g/mol. The summed E-state index contributed by atoms with van der Waals surface area (Å²) in [5.41, 5.74) is 3.92. The van der Waals surface area contributed by atoms with E-state index in [0.29, 0.717) is 12.1 Å². The first-order valence-corrected chi connectivity index (χ1v) is 7.77. The minimum Gasteiger partial charge on any atom is -0.480 e. The van der Waals surface area contributed by atoms with E-state index in [4.69, 9.17) is 4.74 Å². The molecule has 1 aliphatic rings. The van der Waals surface area contributed by atoms with Crippen LogP contribution in [0.3, 0.4) is 0 Å². The topological polar surface area (TPSA) is 85.2 Å². The van der Waals surface area contributed by atoms with Crippen molar-refractivity contribution < 1.29 is 14.3 Å². The third-order valence-electron chi connectivity index (χ3n) is 4.13. The van der Waals surface area contributed by atoms with Crippen LogP contribution in [-0.2, 0) is 22.6 Å². The van der Waals surface area contributed by atoms with Crippen LogP contribution < -0.4 is 15.4 Å². The van der Waals surface area contributed by atoms with Crippen molar-refractivity contribution in [3.8, 4) is 5.75 Å². The Morgan fingerprint density at radius 2 is 2.08 bits per heavy atom. The minimum absolute atomic E-state index is 0.107. The van der Waals surface area contributed by atoms with Crippen LogP contribution >= 0.6 is 0 Å². The lowest BCUT2D eigenvalue weighted by Crippen LogP contribution is -2.31. The summed E-state index contributed by atoms with van der Waals surface area (Å²) >= 11 is 0. The SMILES string of the molecule is CNC(=O)Cn1cc(NC(=O)C2Cc3cc(C)c(C)cc3O2)cn1. The fourth-order valence-electron chi connectivity index (χ4n) is 2.62. The van der Waals surface area contributed by atoms with Crippen molar-refractivity contribution in [2.45, 2.75) is 32.9 Å². The molecule has 126 valence electrons.